The molecule has 0 saturated heterocycles. The Balaban J connectivity index is 2.13. The molecule has 1 aromatic carbocycles. The minimum absolute atomic E-state index is 0.186. The van der Waals surface area contributed by atoms with E-state index >= 15 is 0 Å². The van der Waals surface area contributed by atoms with Crippen LogP contribution >= 0.6 is 0 Å². The molecule has 1 aromatic rings. The summed E-state index contributed by atoms with van der Waals surface area (Å²) in [5.41, 5.74) is 2.61. The first-order valence-electron chi connectivity index (χ1n) is 7.47. The predicted molar refractivity (Wildman–Crippen MR) is 76.2 cm³/mol. The molecule has 2 N–H and O–H groups in total. The summed E-state index contributed by atoms with van der Waals surface area (Å²) in [4.78, 5) is 11.2. The third-order valence-corrected chi connectivity index (χ3v) is 4.25. The van der Waals surface area contributed by atoms with Crippen molar-refractivity contribution in [1.29, 1.82) is 0 Å². The lowest BCUT2D eigenvalue weighted by atomic mass is 9.87. The van der Waals surface area contributed by atoms with Crippen molar-refractivity contribution in [3.63, 3.8) is 0 Å². The molecule has 5 nitrogen and oxygen atoms in total. The number of benzene rings is 1. The monoisotopic (exact) mass is 292 g/mol. The van der Waals surface area contributed by atoms with Crippen molar-refractivity contribution in [2.24, 2.45) is 5.92 Å². The Morgan fingerprint density at radius 2 is 1.76 bits per heavy atom. The summed E-state index contributed by atoms with van der Waals surface area (Å²) in [5, 5.41) is 19.6. The van der Waals surface area contributed by atoms with Gasteiger partial charge in [-0.2, -0.15) is 0 Å². The lowest BCUT2D eigenvalue weighted by Gasteiger charge is -2.29. The van der Waals surface area contributed by atoms with Gasteiger partial charge in [0.15, 0.2) is 11.5 Å². The number of aromatic hydroxyl groups is 1. The Bertz CT molecular complexity index is 542. The second-order valence-corrected chi connectivity index (χ2v) is 5.79. The highest BCUT2D eigenvalue weighted by atomic mass is 16.5. The van der Waals surface area contributed by atoms with Crippen molar-refractivity contribution in [3.05, 3.63) is 16.7 Å². The SMILES string of the molecule is CC(Cc1c2c(c(O)c3c1OCCC3)OCCC2)C(=O)O. The number of phenolic OH excluding ortho intramolecular Hbond substituents is 1. The van der Waals surface area contributed by atoms with Crippen LogP contribution in [0.5, 0.6) is 17.2 Å². The van der Waals surface area contributed by atoms with Gasteiger partial charge in [-0.05, 0) is 32.1 Å². The fourth-order valence-electron chi connectivity index (χ4n) is 3.13. The Hall–Kier alpha value is -1.91. The van der Waals surface area contributed by atoms with Crippen LogP contribution in [0.4, 0.5) is 0 Å². The molecule has 0 saturated carbocycles. The predicted octanol–water partition coefficient (Wildman–Crippen LogP) is 2.31. The van der Waals surface area contributed by atoms with Crippen LogP contribution in [0, 0.1) is 5.92 Å². The molecule has 0 fully saturated rings. The molecule has 0 aromatic heterocycles. The minimum atomic E-state index is -0.821. The summed E-state index contributed by atoms with van der Waals surface area (Å²) in [6.45, 7) is 2.90. The van der Waals surface area contributed by atoms with E-state index in [0.717, 1.165) is 42.4 Å². The number of carboxylic acid groups (broad SMARTS) is 1. The van der Waals surface area contributed by atoms with Gasteiger partial charge in [0.05, 0.1) is 19.1 Å². The van der Waals surface area contributed by atoms with E-state index in [1.165, 1.54) is 0 Å². The van der Waals surface area contributed by atoms with E-state index < -0.39 is 11.9 Å². The minimum Gasteiger partial charge on any atom is -0.504 e. The van der Waals surface area contributed by atoms with Gasteiger partial charge in [0.25, 0.3) is 0 Å². The molecule has 114 valence electrons. The summed E-state index contributed by atoms with van der Waals surface area (Å²) in [5.74, 6) is 0.105. The second kappa shape index (κ2) is 5.47. The molecule has 1 atom stereocenters. The number of fused-ring (bicyclic) bond motifs is 2. The molecule has 0 amide bonds. The van der Waals surface area contributed by atoms with Gasteiger partial charge in [-0.3, -0.25) is 4.79 Å². The average Bonchev–Trinajstić information content (AvgIpc) is 2.51. The van der Waals surface area contributed by atoms with E-state index in [2.05, 4.69) is 0 Å². The van der Waals surface area contributed by atoms with Crippen LogP contribution < -0.4 is 9.47 Å². The highest BCUT2D eigenvalue weighted by molar-refractivity contribution is 5.71. The molecule has 0 spiro atoms. The van der Waals surface area contributed by atoms with E-state index in [9.17, 15) is 15.0 Å². The van der Waals surface area contributed by atoms with Gasteiger partial charge in [-0.15, -0.1) is 0 Å². The highest BCUT2D eigenvalue weighted by Crippen LogP contribution is 2.48. The number of hydrogen-bond donors (Lipinski definition) is 2. The van der Waals surface area contributed by atoms with Crippen molar-refractivity contribution in [2.45, 2.75) is 39.0 Å². The van der Waals surface area contributed by atoms with Crippen LogP contribution in [0.2, 0.25) is 0 Å². The number of carboxylic acids is 1. The van der Waals surface area contributed by atoms with E-state index in [-0.39, 0.29) is 5.75 Å². The summed E-state index contributed by atoms with van der Waals surface area (Å²) >= 11 is 0. The molecular weight excluding hydrogens is 272 g/mol. The maximum absolute atomic E-state index is 11.2. The molecule has 2 heterocycles. The number of rotatable bonds is 3. The number of phenols is 1. The molecule has 1 unspecified atom stereocenters. The van der Waals surface area contributed by atoms with Crippen molar-refractivity contribution in [2.75, 3.05) is 13.2 Å². The van der Waals surface area contributed by atoms with Gasteiger partial charge >= 0.3 is 5.97 Å². The standard InChI is InChI=1S/C16H20O5/c1-9(16(18)19)8-12-10-4-2-7-21-15(10)13(17)11-5-3-6-20-14(11)12/h9,17H,2-8H2,1H3,(H,18,19). The van der Waals surface area contributed by atoms with Crippen LogP contribution in [0.15, 0.2) is 0 Å². The van der Waals surface area contributed by atoms with Gasteiger partial charge in [-0.1, -0.05) is 6.92 Å². The molecule has 3 rings (SSSR count). The number of hydrogen-bond acceptors (Lipinski definition) is 4. The largest absolute Gasteiger partial charge is 0.504 e. The molecule has 2 aliphatic heterocycles. The maximum atomic E-state index is 11.2. The van der Waals surface area contributed by atoms with E-state index in [4.69, 9.17) is 9.47 Å². The molecule has 21 heavy (non-hydrogen) atoms. The van der Waals surface area contributed by atoms with E-state index in [0.29, 0.717) is 31.1 Å². The van der Waals surface area contributed by atoms with E-state index in [1.807, 2.05) is 0 Å². The first-order valence-corrected chi connectivity index (χ1v) is 7.47. The van der Waals surface area contributed by atoms with Gasteiger partial charge in [-0.25, -0.2) is 0 Å². The lowest BCUT2D eigenvalue weighted by Crippen LogP contribution is -2.20. The zero-order chi connectivity index (χ0) is 15.0. The zero-order valence-electron chi connectivity index (χ0n) is 12.1. The molecule has 5 heteroatoms. The third-order valence-electron chi connectivity index (χ3n) is 4.25. The van der Waals surface area contributed by atoms with Crippen LogP contribution in [0.1, 0.15) is 36.5 Å². The maximum Gasteiger partial charge on any atom is 0.306 e. The summed E-state index contributed by atoms with van der Waals surface area (Å²) in [6, 6.07) is 0. The van der Waals surface area contributed by atoms with Crippen LogP contribution in [-0.4, -0.2) is 29.4 Å². The average molecular weight is 292 g/mol. The Morgan fingerprint density at radius 1 is 1.14 bits per heavy atom. The van der Waals surface area contributed by atoms with Crippen LogP contribution in [0.25, 0.3) is 0 Å². The van der Waals surface area contributed by atoms with Gasteiger partial charge in [0.2, 0.25) is 0 Å². The second-order valence-electron chi connectivity index (χ2n) is 5.79. The topological polar surface area (TPSA) is 76.0 Å². The van der Waals surface area contributed by atoms with Gasteiger partial charge in [0, 0.05) is 16.7 Å². The normalized spacial score (nSPS) is 18.0. The Labute approximate surface area is 123 Å². The molecular formula is C16H20O5. The molecule has 2 aliphatic rings. The molecule has 0 radical (unpaired) electrons. The zero-order valence-corrected chi connectivity index (χ0v) is 12.1. The van der Waals surface area contributed by atoms with E-state index in [1.54, 1.807) is 6.92 Å². The van der Waals surface area contributed by atoms with Gasteiger partial charge in [0.1, 0.15) is 5.75 Å². The quantitative estimate of drug-likeness (QED) is 0.894. The van der Waals surface area contributed by atoms with Crippen molar-refractivity contribution >= 4 is 5.97 Å². The van der Waals surface area contributed by atoms with Gasteiger partial charge < -0.3 is 19.7 Å². The van der Waals surface area contributed by atoms with Crippen molar-refractivity contribution < 1.29 is 24.5 Å². The fourth-order valence-corrected chi connectivity index (χ4v) is 3.13. The smallest absolute Gasteiger partial charge is 0.306 e. The Kier molecular flexibility index (Phi) is 3.66. The van der Waals surface area contributed by atoms with Crippen molar-refractivity contribution in [3.8, 4) is 17.2 Å². The number of ether oxygens (including phenoxy) is 2. The molecule has 0 aliphatic carbocycles. The summed E-state index contributed by atoms with van der Waals surface area (Å²) < 4.78 is 11.4. The highest BCUT2D eigenvalue weighted by Gasteiger charge is 2.30. The first kappa shape index (κ1) is 14.0. The summed E-state index contributed by atoms with van der Waals surface area (Å²) in [6.07, 6.45) is 3.67. The molecule has 0 bridgehead atoms. The number of carbonyl (C=O) groups is 1. The fraction of sp³-hybridized carbons (Fsp3) is 0.562. The van der Waals surface area contributed by atoms with Crippen molar-refractivity contribution in [1.82, 2.24) is 0 Å². The summed E-state index contributed by atoms with van der Waals surface area (Å²) in [7, 11) is 0. The Morgan fingerprint density at radius 3 is 2.43 bits per heavy atom. The van der Waals surface area contributed by atoms with Crippen LogP contribution in [-0.2, 0) is 24.1 Å². The van der Waals surface area contributed by atoms with Crippen LogP contribution in [0.3, 0.4) is 0 Å². The number of aliphatic carboxylic acids is 1. The first-order chi connectivity index (χ1) is 10.1. The third kappa shape index (κ3) is 2.41. The lowest BCUT2D eigenvalue weighted by molar-refractivity contribution is -0.141.